The molecule has 2 aromatic carbocycles. The smallest absolute Gasteiger partial charge is 0.127 e. The van der Waals surface area contributed by atoms with Crippen LogP contribution in [-0.4, -0.2) is 0 Å². The largest absolute Gasteiger partial charge is 0.308 e. The van der Waals surface area contributed by atoms with Crippen molar-refractivity contribution in [3.05, 3.63) is 68.9 Å². The Balaban J connectivity index is 1.96. The van der Waals surface area contributed by atoms with Crippen LogP contribution in [0, 0.1) is 5.82 Å². The zero-order valence-corrected chi connectivity index (χ0v) is 11.9. The van der Waals surface area contributed by atoms with E-state index >= 15 is 0 Å². The summed E-state index contributed by atoms with van der Waals surface area (Å²) in [6, 6.07) is 12.5. The maximum Gasteiger partial charge on any atom is 0.127 e. The fraction of sp³-hybridized carbons (Fsp3) is 0.143. The van der Waals surface area contributed by atoms with Gasteiger partial charge < -0.3 is 5.32 Å². The van der Waals surface area contributed by atoms with Crippen molar-refractivity contribution in [1.82, 2.24) is 5.32 Å². The summed E-state index contributed by atoms with van der Waals surface area (Å²) in [4.78, 5) is 0. The van der Waals surface area contributed by atoms with Crippen LogP contribution in [0.4, 0.5) is 4.39 Å². The molecule has 1 N–H and O–H groups in total. The first-order valence-electron chi connectivity index (χ1n) is 5.55. The molecule has 0 aliphatic heterocycles. The lowest BCUT2D eigenvalue weighted by atomic mass is 10.2. The zero-order chi connectivity index (χ0) is 13.0. The lowest BCUT2D eigenvalue weighted by Gasteiger charge is -2.08. The third-order valence-electron chi connectivity index (χ3n) is 2.60. The monoisotopic (exact) mass is 327 g/mol. The van der Waals surface area contributed by atoms with Gasteiger partial charge in [-0.25, -0.2) is 4.39 Å². The lowest BCUT2D eigenvalue weighted by Crippen LogP contribution is -2.14. The molecule has 2 rings (SSSR count). The predicted molar refractivity (Wildman–Crippen MR) is 76.1 cm³/mol. The highest BCUT2D eigenvalue weighted by atomic mass is 79.9. The van der Waals surface area contributed by atoms with Crippen LogP contribution in [0.5, 0.6) is 0 Å². The molecule has 0 atom stereocenters. The van der Waals surface area contributed by atoms with Crippen LogP contribution in [0.1, 0.15) is 11.1 Å². The molecule has 0 saturated carbocycles. The Labute approximate surface area is 119 Å². The predicted octanol–water partition coefficient (Wildman–Crippen LogP) is 4.53. The third-order valence-corrected chi connectivity index (χ3v) is 3.46. The number of benzene rings is 2. The van der Waals surface area contributed by atoms with Gasteiger partial charge in [0.05, 0.1) is 0 Å². The molecule has 0 bridgehead atoms. The molecule has 18 heavy (non-hydrogen) atoms. The van der Waals surface area contributed by atoms with Gasteiger partial charge in [-0.2, -0.15) is 0 Å². The van der Waals surface area contributed by atoms with E-state index in [9.17, 15) is 4.39 Å². The zero-order valence-electron chi connectivity index (χ0n) is 9.59. The fourth-order valence-electron chi connectivity index (χ4n) is 1.65. The van der Waals surface area contributed by atoms with E-state index in [-0.39, 0.29) is 5.82 Å². The first-order chi connectivity index (χ1) is 8.66. The van der Waals surface area contributed by atoms with Gasteiger partial charge in [0, 0.05) is 28.1 Å². The summed E-state index contributed by atoms with van der Waals surface area (Å²) in [5.74, 6) is -0.204. The van der Waals surface area contributed by atoms with Gasteiger partial charge in [-0.3, -0.25) is 0 Å². The van der Waals surface area contributed by atoms with Crippen molar-refractivity contribution < 1.29 is 4.39 Å². The molecule has 0 aliphatic carbocycles. The highest BCUT2D eigenvalue weighted by Crippen LogP contribution is 2.17. The van der Waals surface area contributed by atoms with E-state index < -0.39 is 0 Å². The minimum absolute atomic E-state index is 0.204. The van der Waals surface area contributed by atoms with Crippen LogP contribution in [0.2, 0.25) is 5.02 Å². The van der Waals surface area contributed by atoms with Gasteiger partial charge in [0.25, 0.3) is 0 Å². The van der Waals surface area contributed by atoms with E-state index in [0.717, 1.165) is 15.1 Å². The summed E-state index contributed by atoms with van der Waals surface area (Å²) >= 11 is 9.37. The summed E-state index contributed by atoms with van der Waals surface area (Å²) in [6.07, 6.45) is 0. The van der Waals surface area contributed by atoms with E-state index in [1.807, 2.05) is 24.3 Å². The first-order valence-corrected chi connectivity index (χ1v) is 6.72. The highest BCUT2D eigenvalue weighted by molar-refractivity contribution is 9.10. The fourth-order valence-corrected chi connectivity index (χ4v) is 2.26. The Morgan fingerprint density at radius 1 is 1.06 bits per heavy atom. The maximum absolute atomic E-state index is 13.5. The van der Waals surface area contributed by atoms with Crippen molar-refractivity contribution in [3.8, 4) is 0 Å². The second-order valence-electron chi connectivity index (χ2n) is 3.93. The second kappa shape index (κ2) is 6.32. The molecule has 2 aromatic rings. The van der Waals surface area contributed by atoms with Crippen molar-refractivity contribution in [1.29, 1.82) is 0 Å². The summed E-state index contributed by atoms with van der Waals surface area (Å²) in [6.45, 7) is 1.09. The Bertz CT molecular complexity index is 545. The minimum Gasteiger partial charge on any atom is -0.308 e. The van der Waals surface area contributed by atoms with Gasteiger partial charge in [0.15, 0.2) is 0 Å². The van der Waals surface area contributed by atoms with Crippen molar-refractivity contribution in [3.63, 3.8) is 0 Å². The van der Waals surface area contributed by atoms with Crippen LogP contribution in [-0.2, 0) is 13.1 Å². The number of hydrogen-bond acceptors (Lipinski definition) is 1. The molecule has 0 aromatic heterocycles. The topological polar surface area (TPSA) is 12.0 Å². The van der Waals surface area contributed by atoms with Crippen molar-refractivity contribution in [2.75, 3.05) is 0 Å². The second-order valence-corrected chi connectivity index (χ2v) is 5.25. The van der Waals surface area contributed by atoms with Crippen LogP contribution < -0.4 is 5.32 Å². The molecular weight excluding hydrogens is 317 g/mol. The van der Waals surface area contributed by atoms with Crippen molar-refractivity contribution in [2.24, 2.45) is 0 Å². The molecule has 0 fully saturated rings. The summed E-state index contributed by atoms with van der Waals surface area (Å²) in [5.41, 5.74) is 1.64. The van der Waals surface area contributed by atoms with Gasteiger partial charge >= 0.3 is 0 Å². The third kappa shape index (κ3) is 3.55. The Hall–Kier alpha value is -0.900. The van der Waals surface area contributed by atoms with Gasteiger partial charge in [-0.05, 0) is 29.8 Å². The van der Waals surface area contributed by atoms with E-state index in [2.05, 4.69) is 21.2 Å². The average molecular weight is 329 g/mol. The molecule has 0 radical (unpaired) electrons. The van der Waals surface area contributed by atoms with Gasteiger partial charge in [0.2, 0.25) is 0 Å². The molecule has 0 saturated heterocycles. The average Bonchev–Trinajstić information content (AvgIpc) is 2.36. The molecule has 4 heteroatoms. The number of nitrogens with one attached hydrogen (secondary N) is 1. The molecule has 0 spiro atoms. The Kier molecular flexibility index (Phi) is 4.75. The van der Waals surface area contributed by atoms with Crippen LogP contribution in [0.25, 0.3) is 0 Å². The van der Waals surface area contributed by atoms with E-state index in [4.69, 9.17) is 11.6 Å². The van der Waals surface area contributed by atoms with Crippen LogP contribution in [0.15, 0.2) is 46.9 Å². The molecule has 0 amide bonds. The van der Waals surface area contributed by atoms with Crippen molar-refractivity contribution >= 4 is 27.5 Å². The van der Waals surface area contributed by atoms with Crippen LogP contribution >= 0.6 is 27.5 Å². The summed E-state index contributed by atoms with van der Waals surface area (Å²) in [5, 5.41) is 3.90. The number of rotatable bonds is 4. The maximum atomic E-state index is 13.5. The molecule has 0 aliphatic rings. The molecule has 0 unspecified atom stereocenters. The number of halogens is 3. The normalized spacial score (nSPS) is 10.6. The SMILES string of the molecule is Fc1ccc(Br)cc1CNCc1ccccc1Cl. The quantitative estimate of drug-likeness (QED) is 0.869. The molecule has 0 heterocycles. The van der Waals surface area contributed by atoms with Gasteiger partial charge in [-0.15, -0.1) is 0 Å². The van der Waals surface area contributed by atoms with Crippen LogP contribution in [0.3, 0.4) is 0 Å². The Morgan fingerprint density at radius 3 is 2.56 bits per heavy atom. The lowest BCUT2D eigenvalue weighted by molar-refractivity contribution is 0.587. The molecule has 94 valence electrons. The van der Waals surface area contributed by atoms with Crippen molar-refractivity contribution in [2.45, 2.75) is 13.1 Å². The standard InChI is InChI=1S/C14H12BrClFN/c15-12-5-6-14(17)11(7-12)9-18-8-10-3-1-2-4-13(10)16/h1-7,18H,8-9H2. The van der Waals surface area contributed by atoms with E-state index in [0.29, 0.717) is 18.7 Å². The van der Waals surface area contributed by atoms with E-state index in [1.165, 1.54) is 6.07 Å². The summed E-state index contributed by atoms with van der Waals surface area (Å²) < 4.78 is 14.4. The number of hydrogen-bond donors (Lipinski definition) is 1. The van der Waals surface area contributed by atoms with Gasteiger partial charge in [0.1, 0.15) is 5.82 Å². The highest BCUT2D eigenvalue weighted by Gasteiger charge is 2.03. The Morgan fingerprint density at radius 2 is 1.78 bits per heavy atom. The minimum atomic E-state index is -0.204. The van der Waals surface area contributed by atoms with E-state index in [1.54, 1.807) is 12.1 Å². The molecule has 1 nitrogen and oxygen atoms in total. The first kappa shape index (κ1) is 13.5. The summed E-state index contributed by atoms with van der Waals surface area (Å²) in [7, 11) is 0. The van der Waals surface area contributed by atoms with Gasteiger partial charge in [-0.1, -0.05) is 45.7 Å². The molecular formula is C14H12BrClFN.